The number of hydrogen-bond acceptors (Lipinski definition) is 3. The van der Waals surface area contributed by atoms with Crippen LogP contribution in [-0.4, -0.2) is 31.3 Å². The molecule has 0 aromatic heterocycles. The summed E-state index contributed by atoms with van der Waals surface area (Å²) in [5.74, 6) is 2.03. The lowest BCUT2D eigenvalue weighted by molar-refractivity contribution is 0.230. The van der Waals surface area contributed by atoms with Crippen LogP contribution < -0.4 is 20.5 Å². The quantitative estimate of drug-likeness (QED) is 0.448. The molecule has 21 heavy (non-hydrogen) atoms. The molecule has 120 valence electrons. The van der Waals surface area contributed by atoms with Crippen LogP contribution in [0.15, 0.2) is 29.3 Å². The van der Waals surface area contributed by atoms with Gasteiger partial charge in [0, 0.05) is 5.54 Å². The van der Waals surface area contributed by atoms with Gasteiger partial charge in [-0.1, -0.05) is 0 Å². The van der Waals surface area contributed by atoms with Crippen LogP contribution in [0.4, 0.5) is 0 Å². The Kier molecular flexibility index (Phi) is 8.46. The largest absolute Gasteiger partial charge is 0.497 e. The number of guanidine groups is 1. The third-order valence-corrected chi connectivity index (χ3v) is 2.42. The van der Waals surface area contributed by atoms with E-state index in [1.54, 1.807) is 7.11 Å². The van der Waals surface area contributed by atoms with Gasteiger partial charge in [0.25, 0.3) is 0 Å². The number of methoxy groups -OCH3 is 1. The molecule has 1 aromatic rings. The average molecular weight is 407 g/mol. The Bertz CT molecular complexity index is 441. The van der Waals surface area contributed by atoms with Crippen molar-refractivity contribution in [2.24, 2.45) is 10.7 Å². The third-order valence-electron chi connectivity index (χ3n) is 2.42. The number of nitrogens with zero attached hydrogens (tertiary/aromatic N) is 1. The van der Waals surface area contributed by atoms with Crippen LogP contribution in [-0.2, 0) is 0 Å². The van der Waals surface area contributed by atoms with Gasteiger partial charge in [0.05, 0.1) is 13.7 Å². The minimum absolute atomic E-state index is 0. The Balaban J connectivity index is 0.00000400. The normalized spacial score (nSPS) is 13.1. The highest BCUT2D eigenvalue weighted by molar-refractivity contribution is 14.0. The van der Waals surface area contributed by atoms with Gasteiger partial charge >= 0.3 is 0 Å². The summed E-state index contributed by atoms with van der Waals surface area (Å²) in [5, 5.41) is 3.11. The standard InChI is InChI=1S/C15H25N3O2.HI/c1-11(10-17-14(16)18-15(2,3)4)20-13-8-6-12(19-5)7-9-13;/h6-9,11H,10H2,1-5H3,(H3,16,17,18);1H. The highest BCUT2D eigenvalue weighted by Crippen LogP contribution is 2.18. The van der Waals surface area contributed by atoms with Crippen molar-refractivity contribution in [2.75, 3.05) is 13.7 Å². The summed E-state index contributed by atoms with van der Waals surface area (Å²) in [7, 11) is 1.64. The maximum absolute atomic E-state index is 5.81. The van der Waals surface area contributed by atoms with Gasteiger partial charge in [0.2, 0.25) is 0 Å². The number of nitrogens with one attached hydrogen (secondary N) is 1. The molecule has 0 amide bonds. The molecule has 1 unspecified atom stereocenters. The zero-order valence-electron chi connectivity index (χ0n) is 13.3. The predicted octanol–water partition coefficient (Wildman–Crippen LogP) is 2.78. The lowest BCUT2D eigenvalue weighted by Gasteiger charge is -2.21. The van der Waals surface area contributed by atoms with Crippen LogP contribution in [0.5, 0.6) is 11.5 Å². The van der Waals surface area contributed by atoms with E-state index in [0.29, 0.717) is 12.5 Å². The Morgan fingerprint density at radius 1 is 1.24 bits per heavy atom. The summed E-state index contributed by atoms with van der Waals surface area (Å²) in [6, 6.07) is 7.47. The van der Waals surface area contributed by atoms with Gasteiger partial charge in [-0.3, -0.25) is 0 Å². The monoisotopic (exact) mass is 407 g/mol. The first kappa shape index (κ1) is 19.8. The molecular weight excluding hydrogens is 381 g/mol. The molecule has 6 heteroatoms. The third kappa shape index (κ3) is 8.64. The van der Waals surface area contributed by atoms with Crippen molar-refractivity contribution in [3.63, 3.8) is 0 Å². The molecule has 0 aliphatic carbocycles. The fraction of sp³-hybridized carbons (Fsp3) is 0.533. The van der Waals surface area contributed by atoms with Crippen molar-refractivity contribution in [1.82, 2.24) is 5.32 Å². The van der Waals surface area contributed by atoms with E-state index in [4.69, 9.17) is 15.2 Å². The maximum Gasteiger partial charge on any atom is 0.189 e. The zero-order valence-corrected chi connectivity index (χ0v) is 15.7. The number of benzene rings is 1. The maximum atomic E-state index is 5.81. The minimum Gasteiger partial charge on any atom is -0.497 e. The molecule has 1 atom stereocenters. The van der Waals surface area contributed by atoms with E-state index in [-0.39, 0.29) is 35.6 Å². The SMILES string of the molecule is COc1ccc(OC(C)CN=C(N)NC(C)(C)C)cc1.I. The van der Waals surface area contributed by atoms with Gasteiger partial charge in [-0.25, -0.2) is 4.99 Å². The molecule has 0 aliphatic heterocycles. The number of hydrogen-bond donors (Lipinski definition) is 2. The molecule has 0 saturated carbocycles. The molecule has 0 heterocycles. The van der Waals surface area contributed by atoms with Crippen molar-refractivity contribution >= 4 is 29.9 Å². The molecular formula is C15H26IN3O2. The molecule has 0 aliphatic rings. The molecule has 3 N–H and O–H groups in total. The molecule has 0 radical (unpaired) electrons. The smallest absolute Gasteiger partial charge is 0.189 e. The summed E-state index contributed by atoms with van der Waals surface area (Å²) < 4.78 is 10.8. The van der Waals surface area contributed by atoms with Crippen LogP contribution in [0.3, 0.4) is 0 Å². The van der Waals surface area contributed by atoms with Crippen LogP contribution in [0.1, 0.15) is 27.7 Å². The minimum atomic E-state index is -0.0896. The molecule has 0 bridgehead atoms. The lowest BCUT2D eigenvalue weighted by atomic mass is 10.1. The van der Waals surface area contributed by atoms with Crippen molar-refractivity contribution in [3.05, 3.63) is 24.3 Å². The van der Waals surface area contributed by atoms with Crippen molar-refractivity contribution in [2.45, 2.75) is 39.3 Å². The average Bonchev–Trinajstić information content (AvgIpc) is 2.35. The molecule has 0 saturated heterocycles. The number of ether oxygens (including phenoxy) is 2. The van der Waals surface area contributed by atoms with Gasteiger partial charge in [-0.2, -0.15) is 0 Å². The second-order valence-corrected chi connectivity index (χ2v) is 5.70. The fourth-order valence-corrected chi connectivity index (χ4v) is 1.57. The number of halogens is 1. The number of rotatable bonds is 5. The first-order valence-electron chi connectivity index (χ1n) is 6.69. The van der Waals surface area contributed by atoms with Crippen LogP contribution in [0, 0.1) is 0 Å². The van der Waals surface area contributed by atoms with Gasteiger partial charge in [0.15, 0.2) is 5.96 Å². The van der Waals surface area contributed by atoms with Crippen LogP contribution in [0.25, 0.3) is 0 Å². The van der Waals surface area contributed by atoms with Crippen LogP contribution in [0.2, 0.25) is 0 Å². The molecule has 5 nitrogen and oxygen atoms in total. The number of nitrogens with two attached hydrogens (primary N) is 1. The predicted molar refractivity (Wildman–Crippen MR) is 97.9 cm³/mol. The molecule has 1 rings (SSSR count). The van der Waals surface area contributed by atoms with E-state index >= 15 is 0 Å². The Morgan fingerprint density at radius 3 is 2.24 bits per heavy atom. The molecule has 0 fully saturated rings. The Hall–Kier alpha value is -1.18. The summed E-state index contributed by atoms with van der Waals surface area (Å²) >= 11 is 0. The van der Waals surface area contributed by atoms with Crippen molar-refractivity contribution in [3.8, 4) is 11.5 Å². The van der Waals surface area contributed by atoms with Crippen molar-refractivity contribution in [1.29, 1.82) is 0 Å². The molecule has 0 spiro atoms. The fourth-order valence-electron chi connectivity index (χ4n) is 1.57. The van der Waals surface area contributed by atoms with Gasteiger partial charge in [-0.05, 0) is 52.0 Å². The van der Waals surface area contributed by atoms with E-state index < -0.39 is 0 Å². The van der Waals surface area contributed by atoms with E-state index in [0.717, 1.165) is 11.5 Å². The second-order valence-electron chi connectivity index (χ2n) is 5.70. The second kappa shape index (κ2) is 8.96. The van der Waals surface area contributed by atoms with Crippen molar-refractivity contribution < 1.29 is 9.47 Å². The summed E-state index contributed by atoms with van der Waals surface area (Å²) in [6.07, 6.45) is -0.0521. The van der Waals surface area contributed by atoms with E-state index in [9.17, 15) is 0 Å². The van der Waals surface area contributed by atoms with Crippen LogP contribution >= 0.6 is 24.0 Å². The van der Waals surface area contributed by atoms with E-state index in [1.807, 2.05) is 52.0 Å². The summed E-state index contributed by atoms with van der Waals surface area (Å²) in [4.78, 5) is 4.27. The topological polar surface area (TPSA) is 68.9 Å². The summed E-state index contributed by atoms with van der Waals surface area (Å²) in [6.45, 7) is 8.56. The van der Waals surface area contributed by atoms with Gasteiger partial charge in [0.1, 0.15) is 17.6 Å². The molecule has 1 aromatic carbocycles. The first-order valence-corrected chi connectivity index (χ1v) is 6.69. The van der Waals surface area contributed by atoms with Gasteiger partial charge in [-0.15, -0.1) is 24.0 Å². The van der Waals surface area contributed by atoms with E-state index in [1.165, 1.54) is 0 Å². The van der Waals surface area contributed by atoms with Gasteiger partial charge < -0.3 is 20.5 Å². The number of aliphatic imine (C=N–C) groups is 1. The highest BCUT2D eigenvalue weighted by atomic mass is 127. The first-order chi connectivity index (χ1) is 9.30. The van der Waals surface area contributed by atoms with E-state index in [2.05, 4.69) is 10.3 Å². The highest BCUT2D eigenvalue weighted by Gasteiger charge is 2.10. The Labute approximate surface area is 144 Å². The lowest BCUT2D eigenvalue weighted by Crippen LogP contribution is -2.45. The zero-order chi connectivity index (χ0) is 15.2. The summed E-state index contributed by atoms with van der Waals surface area (Å²) in [5.41, 5.74) is 5.72. The Morgan fingerprint density at radius 2 is 1.76 bits per heavy atom.